The van der Waals surface area contributed by atoms with Gasteiger partial charge in [0.05, 0.1) is 6.42 Å². The fraction of sp³-hybridized carbons (Fsp3) is 0.385. The number of nitrogens with one attached hydrogen (secondary N) is 1. The zero-order chi connectivity index (χ0) is 22.3. The van der Waals surface area contributed by atoms with Crippen molar-refractivity contribution < 1.29 is 14.0 Å². The molecule has 1 atom stereocenters. The number of amides is 2. The highest BCUT2D eigenvalue weighted by Crippen LogP contribution is 2.27. The molecule has 0 bridgehead atoms. The molecule has 4 rings (SSSR count). The van der Waals surface area contributed by atoms with Gasteiger partial charge in [-0.05, 0) is 55.3 Å². The summed E-state index contributed by atoms with van der Waals surface area (Å²) < 4.78 is 5.90. The summed E-state index contributed by atoms with van der Waals surface area (Å²) in [4.78, 5) is 29.7. The van der Waals surface area contributed by atoms with E-state index in [0.717, 1.165) is 41.9 Å². The number of rotatable bonds is 9. The van der Waals surface area contributed by atoms with E-state index >= 15 is 0 Å². The SMILES string of the molecule is Cc1ccc([C@H](C(=O)NC2CCCC2)N(CCc2ccccc2)C(=O)Cc2cccs2)o1. The van der Waals surface area contributed by atoms with E-state index in [1.807, 2.05) is 66.9 Å². The molecule has 0 saturated heterocycles. The predicted molar refractivity (Wildman–Crippen MR) is 126 cm³/mol. The molecule has 3 aromatic rings. The normalized spacial score (nSPS) is 14.9. The van der Waals surface area contributed by atoms with Crippen LogP contribution in [0.5, 0.6) is 0 Å². The number of furan rings is 1. The Bertz CT molecular complexity index is 1010. The van der Waals surface area contributed by atoms with E-state index in [-0.39, 0.29) is 24.3 Å². The molecule has 1 aliphatic rings. The van der Waals surface area contributed by atoms with E-state index in [1.165, 1.54) is 0 Å². The predicted octanol–water partition coefficient (Wildman–Crippen LogP) is 5.06. The van der Waals surface area contributed by atoms with Crippen molar-refractivity contribution in [1.82, 2.24) is 10.2 Å². The largest absolute Gasteiger partial charge is 0.464 e. The zero-order valence-corrected chi connectivity index (χ0v) is 19.3. The Morgan fingerprint density at radius 2 is 1.88 bits per heavy atom. The monoisotopic (exact) mass is 450 g/mol. The molecule has 1 N–H and O–H groups in total. The molecule has 1 fully saturated rings. The van der Waals surface area contributed by atoms with Crippen LogP contribution in [0.25, 0.3) is 0 Å². The molecular weight excluding hydrogens is 420 g/mol. The maximum Gasteiger partial charge on any atom is 0.250 e. The van der Waals surface area contributed by atoms with Gasteiger partial charge in [-0.1, -0.05) is 49.2 Å². The van der Waals surface area contributed by atoms with Gasteiger partial charge in [0.15, 0.2) is 6.04 Å². The number of carbonyl (C=O) groups excluding carboxylic acids is 2. The Morgan fingerprint density at radius 3 is 2.53 bits per heavy atom. The number of nitrogens with zero attached hydrogens (tertiary/aromatic N) is 1. The zero-order valence-electron chi connectivity index (χ0n) is 18.5. The molecule has 0 spiro atoms. The molecule has 2 heterocycles. The fourth-order valence-electron chi connectivity index (χ4n) is 4.33. The molecule has 168 valence electrons. The van der Waals surface area contributed by atoms with E-state index in [2.05, 4.69) is 5.32 Å². The van der Waals surface area contributed by atoms with Crippen LogP contribution >= 0.6 is 11.3 Å². The highest BCUT2D eigenvalue weighted by molar-refractivity contribution is 7.10. The summed E-state index contributed by atoms with van der Waals surface area (Å²) in [5.41, 5.74) is 1.13. The minimum atomic E-state index is -0.777. The van der Waals surface area contributed by atoms with Gasteiger partial charge in [-0.15, -0.1) is 11.3 Å². The van der Waals surface area contributed by atoms with Crippen molar-refractivity contribution in [2.24, 2.45) is 0 Å². The molecular formula is C26H30N2O3S. The summed E-state index contributed by atoms with van der Waals surface area (Å²) in [6.45, 7) is 2.30. The third-order valence-electron chi connectivity index (χ3n) is 6.00. The lowest BCUT2D eigenvalue weighted by molar-refractivity contribution is -0.141. The van der Waals surface area contributed by atoms with Crippen LogP contribution in [0, 0.1) is 6.92 Å². The second-order valence-electron chi connectivity index (χ2n) is 8.42. The summed E-state index contributed by atoms with van der Waals surface area (Å²) >= 11 is 1.56. The van der Waals surface area contributed by atoms with Crippen molar-refractivity contribution in [2.45, 2.75) is 57.5 Å². The molecule has 32 heavy (non-hydrogen) atoms. The highest BCUT2D eigenvalue weighted by atomic mass is 32.1. The third kappa shape index (κ3) is 5.68. The van der Waals surface area contributed by atoms with E-state index < -0.39 is 6.04 Å². The standard InChI is InChI=1S/C26H30N2O3S/c1-19-13-14-23(31-19)25(26(30)27-21-10-5-6-11-21)28(16-15-20-8-3-2-4-9-20)24(29)18-22-12-7-17-32-22/h2-4,7-9,12-14,17,21,25H,5-6,10-11,15-16,18H2,1H3,(H,27,30)/t25-/m1/s1. The second-order valence-corrected chi connectivity index (χ2v) is 9.45. The van der Waals surface area contributed by atoms with Gasteiger partial charge < -0.3 is 14.6 Å². The molecule has 2 amide bonds. The molecule has 0 aliphatic heterocycles. The van der Waals surface area contributed by atoms with Crippen molar-refractivity contribution in [1.29, 1.82) is 0 Å². The van der Waals surface area contributed by atoms with Crippen molar-refractivity contribution in [3.63, 3.8) is 0 Å². The first-order valence-electron chi connectivity index (χ1n) is 11.3. The van der Waals surface area contributed by atoms with Gasteiger partial charge in [0.1, 0.15) is 11.5 Å². The van der Waals surface area contributed by atoms with Crippen LogP contribution in [0.2, 0.25) is 0 Å². The maximum atomic E-state index is 13.5. The molecule has 1 aliphatic carbocycles. The number of aryl methyl sites for hydroxylation is 1. The first-order valence-corrected chi connectivity index (χ1v) is 12.2. The number of thiophene rings is 1. The first-order chi connectivity index (χ1) is 15.6. The lowest BCUT2D eigenvalue weighted by Crippen LogP contribution is -2.47. The average molecular weight is 451 g/mol. The Hall–Kier alpha value is -2.86. The van der Waals surface area contributed by atoms with E-state index in [0.29, 0.717) is 18.7 Å². The van der Waals surface area contributed by atoms with E-state index in [9.17, 15) is 9.59 Å². The van der Waals surface area contributed by atoms with Gasteiger partial charge in [0.25, 0.3) is 5.91 Å². The second kappa shape index (κ2) is 10.6. The van der Waals surface area contributed by atoms with Crippen molar-refractivity contribution >= 4 is 23.2 Å². The number of carbonyl (C=O) groups is 2. The van der Waals surface area contributed by atoms with Crippen LogP contribution in [0.4, 0.5) is 0 Å². The Labute approximate surface area is 193 Å². The molecule has 1 saturated carbocycles. The van der Waals surface area contributed by atoms with Gasteiger partial charge in [-0.3, -0.25) is 9.59 Å². The fourth-order valence-corrected chi connectivity index (χ4v) is 5.03. The summed E-state index contributed by atoms with van der Waals surface area (Å²) in [7, 11) is 0. The molecule has 2 aromatic heterocycles. The Balaban J connectivity index is 1.61. The number of hydrogen-bond acceptors (Lipinski definition) is 4. The van der Waals surface area contributed by atoms with Crippen LogP contribution < -0.4 is 5.32 Å². The van der Waals surface area contributed by atoms with Gasteiger partial charge in [0, 0.05) is 17.5 Å². The van der Waals surface area contributed by atoms with Gasteiger partial charge in [0.2, 0.25) is 5.91 Å². The highest BCUT2D eigenvalue weighted by Gasteiger charge is 2.35. The minimum Gasteiger partial charge on any atom is -0.464 e. The minimum absolute atomic E-state index is 0.0657. The summed E-state index contributed by atoms with van der Waals surface area (Å²) in [6, 6.07) is 17.0. The average Bonchev–Trinajstić information content (AvgIpc) is 3.56. The Morgan fingerprint density at radius 1 is 1.09 bits per heavy atom. The quantitative estimate of drug-likeness (QED) is 0.495. The molecule has 0 radical (unpaired) electrons. The lowest BCUT2D eigenvalue weighted by Gasteiger charge is -2.31. The van der Waals surface area contributed by atoms with Crippen LogP contribution in [0.15, 0.2) is 64.4 Å². The Kier molecular flexibility index (Phi) is 7.43. The van der Waals surface area contributed by atoms with Crippen LogP contribution in [-0.4, -0.2) is 29.3 Å². The topological polar surface area (TPSA) is 62.6 Å². The summed E-state index contributed by atoms with van der Waals surface area (Å²) in [6.07, 6.45) is 5.18. The van der Waals surface area contributed by atoms with E-state index in [4.69, 9.17) is 4.42 Å². The van der Waals surface area contributed by atoms with Crippen molar-refractivity contribution in [3.05, 3.63) is 81.9 Å². The van der Waals surface area contributed by atoms with Crippen LogP contribution in [0.1, 0.15) is 53.7 Å². The van der Waals surface area contributed by atoms with E-state index in [1.54, 1.807) is 16.2 Å². The first kappa shape index (κ1) is 22.3. The van der Waals surface area contributed by atoms with Gasteiger partial charge in [-0.25, -0.2) is 0 Å². The van der Waals surface area contributed by atoms with Gasteiger partial charge >= 0.3 is 0 Å². The van der Waals surface area contributed by atoms with Crippen LogP contribution in [-0.2, 0) is 22.4 Å². The molecule has 0 unspecified atom stereocenters. The molecule has 6 heteroatoms. The summed E-state index contributed by atoms with van der Waals surface area (Å²) in [5.74, 6) is 1.03. The molecule has 1 aromatic carbocycles. The van der Waals surface area contributed by atoms with Gasteiger partial charge in [-0.2, -0.15) is 0 Å². The maximum absolute atomic E-state index is 13.5. The molecule has 5 nitrogen and oxygen atoms in total. The number of benzene rings is 1. The third-order valence-corrected chi connectivity index (χ3v) is 6.88. The van der Waals surface area contributed by atoms with Crippen molar-refractivity contribution in [2.75, 3.05) is 6.54 Å². The van der Waals surface area contributed by atoms with Crippen LogP contribution in [0.3, 0.4) is 0 Å². The lowest BCUT2D eigenvalue weighted by atomic mass is 10.1. The number of hydrogen-bond donors (Lipinski definition) is 1. The van der Waals surface area contributed by atoms with Crippen molar-refractivity contribution in [3.8, 4) is 0 Å². The summed E-state index contributed by atoms with van der Waals surface area (Å²) in [5, 5.41) is 5.16. The smallest absolute Gasteiger partial charge is 0.250 e.